The van der Waals surface area contributed by atoms with Crippen LogP contribution < -0.4 is 4.74 Å². The van der Waals surface area contributed by atoms with Crippen molar-refractivity contribution < 1.29 is 9.53 Å². The summed E-state index contributed by atoms with van der Waals surface area (Å²) in [6.07, 6.45) is 5.28. The van der Waals surface area contributed by atoms with Crippen molar-refractivity contribution in [2.24, 2.45) is 0 Å². The number of ether oxygens (including phenoxy) is 1. The number of benzene rings is 1. The van der Waals surface area contributed by atoms with Crippen LogP contribution in [0, 0.1) is 0 Å². The summed E-state index contributed by atoms with van der Waals surface area (Å²) in [5.41, 5.74) is 4.81. The Balaban J connectivity index is 1.38. The molecule has 8 heteroatoms. The fourth-order valence-electron chi connectivity index (χ4n) is 4.65. The summed E-state index contributed by atoms with van der Waals surface area (Å²) in [5, 5.41) is 0. The Kier molecular flexibility index (Phi) is 7.93. The van der Waals surface area contributed by atoms with Gasteiger partial charge in [0.2, 0.25) is 5.88 Å². The van der Waals surface area contributed by atoms with E-state index in [4.69, 9.17) is 9.72 Å². The number of carbonyl (C=O) groups excluding carboxylic acids is 1. The Morgan fingerprint density at radius 2 is 1.56 bits per heavy atom. The largest absolute Gasteiger partial charge is 0.475 e. The topological polar surface area (TPSA) is 84.3 Å². The van der Waals surface area contributed by atoms with Gasteiger partial charge in [-0.3, -0.25) is 19.7 Å². The Labute approximate surface area is 229 Å². The second-order valence-electron chi connectivity index (χ2n) is 10.3. The number of hydrogen-bond acceptors (Lipinski definition) is 7. The Hall–Kier alpha value is -4.17. The van der Waals surface area contributed by atoms with Gasteiger partial charge in [0.05, 0.1) is 11.8 Å². The lowest BCUT2D eigenvalue weighted by Crippen LogP contribution is -2.50. The van der Waals surface area contributed by atoms with Crippen LogP contribution >= 0.6 is 0 Å². The van der Waals surface area contributed by atoms with Gasteiger partial charge in [0.15, 0.2) is 5.82 Å². The normalized spacial score (nSPS) is 14.2. The van der Waals surface area contributed by atoms with E-state index in [0.29, 0.717) is 34.7 Å². The van der Waals surface area contributed by atoms with E-state index in [9.17, 15) is 4.79 Å². The van der Waals surface area contributed by atoms with E-state index in [1.165, 1.54) is 0 Å². The zero-order valence-corrected chi connectivity index (χ0v) is 22.9. The van der Waals surface area contributed by atoms with E-state index >= 15 is 0 Å². The minimum atomic E-state index is -0.0332. The van der Waals surface area contributed by atoms with Crippen molar-refractivity contribution in [2.45, 2.75) is 39.8 Å². The SMILES string of the molecule is CC(C)Oc1cc(-c2cncc(-c3ccc(C(=O)N4CCN(C(C)C)CC4)cc3)c2)nc(-c2ccccn2)n1. The van der Waals surface area contributed by atoms with Gasteiger partial charge in [-0.2, -0.15) is 4.98 Å². The first-order valence-corrected chi connectivity index (χ1v) is 13.4. The van der Waals surface area contributed by atoms with E-state index in [-0.39, 0.29) is 12.0 Å². The average molecular weight is 523 g/mol. The maximum atomic E-state index is 13.1. The van der Waals surface area contributed by atoms with Gasteiger partial charge in [0.1, 0.15) is 5.69 Å². The van der Waals surface area contributed by atoms with E-state index in [1.54, 1.807) is 12.4 Å². The highest BCUT2D eigenvalue weighted by molar-refractivity contribution is 5.94. The van der Waals surface area contributed by atoms with Crippen molar-refractivity contribution in [1.29, 1.82) is 0 Å². The number of pyridine rings is 2. The van der Waals surface area contributed by atoms with Crippen LogP contribution in [0.15, 0.2) is 73.2 Å². The summed E-state index contributed by atoms with van der Waals surface area (Å²) < 4.78 is 5.92. The Morgan fingerprint density at radius 3 is 2.23 bits per heavy atom. The lowest BCUT2D eigenvalue weighted by atomic mass is 10.0. The van der Waals surface area contributed by atoms with E-state index in [0.717, 1.165) is 42.9 Å². The highest BCUT2D eigenvalue weighted by Gasteiger charge is 2.23. The molecule has 1 fully saturated rings. The summed E-state index contributed by atoms with van der Waals surface area (Å²) in [5.74, 6) is 1.06. The molecule has 1 aromatic carbocycles. The van der Waals surface area contributed by atoms with Crippen molar-refractivity contribution >= 4 is 5.91 Å². The maximum Gasteiger partial charge on any atom is 0.253 e. The Bertz CT molecular complexity index is 1410. The third-order valence-electron chi connectivity index (χ3n) is 6.78. The molecule has 0 N–H and O–H groups in total. The number of piperazine rings is 1. The van der Waals surface area contributed by atoms with Gasteiger partial charge in [-0.1, -0.05) is 18.2 Å². The highest BCUT2D eigenvalue weighted by atomic mass is 16.5. The molecule has 4 aromatic rings. The standard InChI is InChI=1S/C31H34N6O2/c1-21(2)36-13-15-37(16-14-36)31(38)24-10-8-23(9-11-24)25-17-26(20-32-19-25)28-18-29(39-22(3)4)35-30(34-28)27-7-5-6-12-33-27/h5-12,17-22H,13-16H2,1-4H3. The van der Waals surface area contributed by atoms with E-state index < -0.39 is 0 Å². The number of carbonyl (C=O) groups is 1. The first-order chi connectivity index (χ1) is 18.9. The summed E-state index contributed by atoms with van der Waals surface area (Å²) in [6.45, 7) is 11.7. The fourth-order valence-corrected chi connectivity index (χ4v) is 4.65. The number of amides is 1. The molecule has 0 aliphatic carbocycles. The summed E-state index contributed by atoms with van der Waals surface area (Å²) in [7, 11) is 0. The van der Waals surface area contributed by atoms with Crippen LogP contribution in [0.3, 0.4) is 0 Å². The molecule has 0 atom stereocenters. The molecular weight excluding hydrogens is 488 g/mol. The molecule has 1 saturated heterocycles. The molecule has 4 heterocycles. The molecule has 0 bridgehead atoms. The molecule has 3 aromatic heterocycles. The first kappa shape index (κ1) is 26.4. The van der Waals surface area contributed by atoms with E-state index in [1.807, 2.05) is 79.5 Å². The highest BCUT2D eigenvalue weighted by Crippen LogP contribution is 2.28. The summed E-state index contributed by atoms with van der Waals surface area (Å²) >= 11 is 0. The zero-order chi connectivity index (χ0) is 27.4. The van der Waals surface area contributed by atoms with Crippen LogP contribution in [0.1, 0.15) is 38.1 Å². The van der Waals surface area contributed by atoms with Gasteiger partial charge in [-0.15, -0.1) is 0 Å². The zero-order valence-electron chi connectivity index (χ0n) is 22.9. The van der Waals surface area contributed by atoms with Gasteiger partial charge in [-0.05, 0) is 63.6 Å². The van der Waals surface area contributed by atoms with Crippen LogP contribution in [0.5, 0.6) is 5.88 Å². The molecule has 200 valence electrons. The molecule has 5 rings (SSSR count). The molecular formula is C31H34N6O2. The van der Waals surface area contributed by atoms with Crippen LogP contribution in [0.25, 0.3) is 33.9 Å². The molecule has 1 amide bonds. The van der Waals surface area contributed by atoms with Crippen LogP contribution in [0.2, 0.25) is 0 Å². The van der Waals surface area contributed by atoms with Crippen LogP contribution in [-0.2, 0) is 0 Å². The molecule has 39 heavy (non-hydrogen) atoms. The Morgan fingerprint density at radius 1 is 0.821 bits per heavy atom. The second-order valence-corrected chi connectivity index (χ2v) is 10.3. The van der Waals surface area contributed by atoms with Gasteiger partial charge < -0.3 is 9.64 Å². The number of hydrogen-bond donors (Lipinski definition) is 0. The van der Waals surface area contributed by atoms with Gasteiger partial charge >= 0.3 is 0 Å². The number of rotatable bonds is 7. The molecule has 8 nitrogen and oxygen atoms in total. The monoisotopic (exact) mass is 522 g/mol. The lowest BCUT2D eigenvalue weighted by molar-refractivity contribution is 0.0595. The minimum Gasteiger partial charge on any atom is -0.475 e. The summed E-state index contributed by atoms with van der Waals surface area (Å²) in [4.78, 5) is 35.7. The van der Waals surface area contributed by atoms with Gasteiger partial charge in [0, 0.05) is 73.6 Å². The van der Waals surface area contributed by atoms with Crippen molar-refractivity contribution in [2.75, 3.05) is 26.2 Å². The van der Waals surface area contributed by atoms with Crippen LogP contribution in [-0.4, -0.2) is 74.0 Å². The smallest absolute Gasteiger partial charge is 0.253 e. The second kappa shape index (κ2) is 11.7. The summed E-state index contributed by atoms with van der Waals surface area (Å²) in [6, 6.07) is 17.8. The molecule has 0 unspecified atom stereocenters. The van der Waals surface area contributed by atoms with Crippen molar-refractivity contribution in [1.82, 2.24) is 29.7 Å². The minimum absolute atomic E-state index is 0.0332. The number of aromatic nitrogens is 4. The van der Waals surface area contributed by atoms with Crippen molar-refractivity contribution in [3.05, 3.63) is 78.8 Å². The molecule has 0 spiro atoms. The van der Waals surface area contributed by atoms with Crippen molar-refractivity contribution in [3.8, 4) is 39.8 Å². The molecule has 0 radical (unpaired) electrons. The third-order valence-corrected chi connectivity index (χ3v) is 6.78. The van der Waals surface area contributed by atoms with Crippen LogP contribution in [0.4, 0.5) is 0 Å². The lowest BCUT2D eigenvalue weighted by Gasteiger charge is -2.37. The molecule has 1 aliphatic heterocycles. The van der Waals surface area contributed by atoms with Gasteiger partial charge in [-0.25, -0.2) is 4.98 Å². The average Bonchev–Trinajstić information content (AvgIpc) is 2.97. The third kappa shape index (κ3) is 6.29. The van der Waals surface area contributed by atoms with Gasteiger partial charge in [0.25, 0.3) is 5.91 Å². The van der Waals surface area contributed by atoms with Crippen molar-refractivity contribution in [3.63, 3.8) is 0 Å². The van der Waals surface area contributed by atoms with E-state index in [2.05, 4.69) is 33.7 Å². The molecule has 0 saturated carbocycles. The quantitative estimate of drug-likeness (QED) is 0.329. The first-order valence-electron chi connectivity index (χ1n) is 13.4. The molecule has 1 aliphatic rings. The maximum absolute atomic E-state index is 13.1. The predicted molar refractivity (Wildman–Crippen MR) is 152 cm³/mol. The number of nitrogens with zero attached hydrogens (tertiary/aromatic N) is 6. The fraction of sp³-hybridized carbons (Fsp3) is 0.323. The predicted octanol–water partition coefficient (Wildman–Crippen LogP) is 5.22.